The Balaban J connectivity index is 2.14. The lowest BCUT2D eigenvalue weighted by Gasteiger charge is -2.14. The van der Waals surface area contributed by atoms with Gasteiger partial charge in [-0.15, -0.1) is 0 Å². The van der Waals surface area contributed by atoms with E-state index >= 15 is 0 Å². The Hall–Kier alpha value is -1.13. The van der Waals surface area contributed by atoms with Gasteiger partial charge in [0.1, 0.15) is 6.10 Å². The average Bonchev–Trinajstić information content (AvgIpc) is 2.71. The maximum atomic E-state index is 5.76. The molecule has 1 saturated heterocycles. The first-order valence-corrected chi connectivity index (χ1v) is 5.20. The number of nitrogens with zero attached hydrogens (tertiary/aromatic N) is 1. The van der Waals surface area contributed by atoms with E-state index < -0.39 is 0 Å². The van der Waals surface area contributed by atoms with Crippen molar-refractivity contribution in [1.82, 2.24) is 4.98 Å². The smallest absolute Gasteiger partial charge is 0.218 e. The Morgan fingerprint density at radius 1 is 1.60 bits per heavy atom. The molecule has 1 atom stereocenters. The van der Waals surface area contributed by atoms with E-state index in [2.05, 4.69) is 4.98 Å². The van der Waals surface area contributed by atoms with Crippen molar-refractivity contribution in [2.75, 3.05) is 13.2 Å². The first-order chi connectivity index (χ1) is 7.29. The van der Waals surface area contributed by atoms with Gasteiger partial charge >= 0.3 is 0 Å². The van der Waals surface area contributed by atoms with Gasteiger partial charge in [0.2, 0.25) is 5.88 Å². The molecule has 0 bridgehead atoms. The van der Waals surface area contributed by atoms with Crippen molar-refractivity contribution < 1.29 is 9.47 Å². The molecule has 0 amide bonds. The minimum Gasteiger partial charge on any atom is -0.472 e. The molecule has 1 aliphatic heterocycles. The standard InChI is InChI=1S/C11H16N2O2/c1-8-2-3-9(6-12)11(13-8)15-10-4-5-14-7-10/h2-3,10H,4-7,12H2,1H3. The summed E-state index contributed by atoms with van der Waals surface area (Å²) in [5.74, 6) is 0.660. The van der Waals surface area contributed by atoms with Crippen LogP contribution < -0.4 is 10.5 Å². The van der Waals surface area contributed by atoms with E-state index in [0.29, 0.717) is 19.0 Å². The molecule has 0 radical (unpaired) electrons. The molecule has 2 heterocycles. The summed E-state index contributed by atoms with van der Waals surface area (Å²) in [5, 5.41) is 0. The molecular weight excluding hydrogens is 192 g/mol. The molecule has 0 saturated carbocycles. The van der Waals surface area contributed by atoms with Crippen LogP contribution in [0.4, 0.5) is 0 Å². The molecule has 1 unspecified atom stereocenters. The molecule has 4 nitrogen and oxygen atoms in total. The topological polar surface area (TPSA) is 57.4 Å². The highest BCUT2D eigenvalue weighted by molar-refractivity contribution is 5.28. The fourth-order valence-corrected chi connectivity index (χ4v) is 1.58. The van der Waals surface area contributed by atoms with Crippen molar-refractivity contribution in [2.24, 2.45) is 5.73 Å². The number of pyridine rings is 1. The molecular formula is C11H16N2O2. The van der Waals surface area contributed by atoms with Crippen LogP contribution in [0.15, 0.2) is 12.1 Å². The lowest BCUT2D eigenvalue weighted by Crippen LogP contribution is -2.18. The van der Waals surface area contributed by atoms with Crippen LogP contribution in [0.5, 0.6) is 5.88 Å². The third kappa shape index (κ3) is 2.46. The summed E-state index contributed by atoms with van der Waals surface area (Å²) in [5.41, 5.74) is 7.52. The molecule has 82 valence electrons. The van der Waals surface area contributed by atoms with Crippen LogP contribution in [0.3, 0.4) is 0 Å². The molecule has 2 N–H and O–H groups in total. The van der Waals surface area contributed by atoms with Gasteiger partial charge in [-0.25, -0.2) is 4.98 Å². The minimum absolute atomic E-state index is 0.129. The Labute approximate surface area is 89.4 Å². The molecule has 1 aromatic heterocycles. The summed E-state index contributed by atoms with van der Waals surface area (Å²) >= 11 is 0. The highest BCUT2D eigenvalue weighted by atomic mass is 16.5. The molecule has 15 heavy (non-hydrogen) atoms. The number of rotatable bonds is 3. The highest BCUT2D eigenvalue weighted by Crippen LogP contribution is 2.19. The maximum Gasteiger partial charge on any atom is 0.218 e. The van der Waals surface area contributed by atoms with E-state index in [4.69, 9.17) is 15.2 Å². The molecule has 0 aliphatic carbocycles. The van der Waals surface area contributed by atoms with Crippen molar-refractivity contribution in [3.05, 3.63) is 23.4 Å². The predicted octanol–water partition coefficient (Wildman–Crippen LogP) is 1.02. The van der Waals surface area contributed by atoms with Gasteiger partial charge in [0.25, 0.3) is 0 Å². The zero-order valence-corrected chi connectivity index (χ0v) is 8.90. The number of ether oxygens (including phenoxy) is 2. The van der Waals surface area contributed by atoms with Crippen LogP contribution in [-0.4, -0.2) is 24.3 Å². The van der Waals surface area contributed by atoms with E-state index in [-0.39, 0.29) is 6.10 Å². The molecule has 0 aromatic carbocycles. The lowest BCUT2D eigenvalue weighted by molar-refractivity contribution is 0.137. The average molecular weight is 208 g/mol. The Kier molecular flexibility index (Phi) is 3.18. The van der Waals surface area contributed by atoms with Crippen LogP contribution in [0.2, 0.25) is 0 Å². The van der Waals surface area contributed by atoms with E-state index in [1.165, 1.54) is 0 Å². The number of hydrogen-bond donors (Lipinski definition) is 1. The van der Waals surface area contributed by atoms with E-state index in [1.54, 1.807) is 0 Å². The lowest BCUT2D eigenvalue weighted by atomic mass is 10.2. The summed E-state index contributed by atoms with van der Waals surface area (Å²) in [7, 11) is 0. The Morgan fingerprint density at radius 2 is 2.47 bits per heavy atom. The highest BCUT2D eigenvalue weighted by Gasteiger charge is 2.19. The first kappa shape index (κ1) is 10.4. The van der Waals surface area contributed by atoms with Crippen molar-refractivity contribution in [2.45, 2.75) is 26.0 Å². The van der Waals surface area contributed by atoms with Gasteiger partial charge in [-0.1, -0.05) is 6.07 Å². The second-order valence-corrected chi connectivity index (χ2v) is 3.72. The third-order valence-electron chi connectivity index (χ3n) is 2.46. The van der Waals surface area contributed by atoms with E-state index in [0.717, 1.165) is 24.3 Å². The van der Waals surface area contributed by atoms with Gasteiger partial charge in [-0.2, -0.15) is 0 Å². The Bertz CT molecular complexity index is 335. The quantitative estimate of drug-likeness (QED) is 0.805. The molecule has 1 aromatic rings. The number of nitrogens with two attached hydrogens (primary N) is 1. The Morgan fingerprint density at radius 3 is 3.13 bits per heavy atom. The third-order valence-corrected chi connectivity index (χ3v) is 2.46. The van der Waals surface area contributed by atoms with Gasteiger partial charge in [0.05, 0.1) is 13.2 Å². The van der Waals surface area contributed by atoms with Gasteiger partial charge in [0.15, 0.2) is 0 Å². The van der Waals surface area contributed by atoms with Crippen molar-refractivity contribution in [1.29, 1.82) is 0 Å². The van der Waals surface area contributed by atoms with Crippen molar-refractivity contribution in [3.8, 4) is 5.88 Å². The molecule has 0 spiro atoms. The van der Waals surface area contributed by atoms with Gasteiger partial charge in [-0.3, -0.25) is 0 Å². The van der Waals surface area contributed by atoms with Crippen molar-refractivity contribution in [3.63, 3.8) is 0 Å². The molecule has 1 aliphatic rings. The van der Waals surface area contributed by atoms with Crippen LogP contribution >= 0.6 is 0 Å². The summed E-state index contributed by atoms with van der Waals surface area (Å²) in [6.45, 7) is 3.82. The van der Waals surface area contributed by atoms with Gasteiger partial charge < -0.3 is 15.2 Å². The zero-order chi connectivity index (χ0) is 10.7. The second-order valence-electron chi connectivity index (χ2n) is 3.72. The SMILES string of the molecule is Cc1ccc(CN)c(OC2CCOC2)n1. The van der Waals surface area contributed by atoms with E-state index in [9.17, 15) is 0 Å². The fourth-order valence-electron chi connectivity index (χ4n) is 1.58. The normalized spacial score (nSPS) is 20.5. The molecule has 4 heteroatoms. The number of aromatic nitrogens is 1. The van der Waals surface area contributed by atoms with Crippen LogP contribution in [0.25, 0.3) is 0 Å². The number of aryl methyl sites for hydroxylation is 1. The predicted molar refractivity (Wildman–Crippen MR) is 56.7 cm³/mol. The van der Waals surface area contributed by atoms with Crippen LogP contribution in [0, 0.1) is 6.92 Å². The second kappa shape index (κ2) is 4.59. The van der Waals surface area contributed by atoms with Crippen molar-refractivity contribution >= 4 is 0 Å². The summed E-state index contributed by atoms with van der Waals surface area (Å²) in [4.78, 5) is 4.35. The maximum absolute atomic E-state index is 5.76. The van der Waals surface area contributed by atoms with Gasteiger partial charge in [-0.05, 0) is 13.0 Å². The van der Waals surface area contributed by atoms with E-state index in [1.807, 2.05) is 19.1 Å². The van der Waals surface area contributed by atoms with Crippen LogP contribution in [-0.2, 0) is 11.3 Å². The largest absolute Gasteiger partial charge is 0.472 e. The first-order valence-electron chi connectivity index (χ1n) is 5.20. The van der Waals surface area contributed by atoms with Crippen LogP contribution in [0.1, 0.15) is 17.7 Å². The minimum atomic E-state index is 0.129. The fraction of sp³-hybridized carbons (Fsp3) is 0.545. The molecule has 2 rings (SSSR count). The summed E-state index contributed by atoms with van der Waals surface area (Å²) < 4.78 is 11.0. The monoisotopic (exact) mass is 208 g/mol. The summed E-state index contributed by atoms with van der Waals surface area (Å²) in [6.07, 6.45) is 1.06. The number of hydrogen-bond acceptors (Lipinski definition) is 4. The summed E-state index contributed by atoms with van der Waals surface area (Å²) in [6, 6.07) is 3.91. The molecule has 1 fully saturated rings. The van der Waals surface area contributed by atoms with Gasteiger partial charge in [0, 0.05) is 24.2 Å². The zero-order valence-electron chi connectivity index (χ0n) is 8.90.